The van der Waals surface area contributed by atoms with Crippen molar-refractivity contribution in [2.45, 2.75) is 148 Å². The highest BCUT2D eigenvalue weighted by Gasteiger charge is 2.43. The van der Waals surface area contributed by atoms with Gasteiger partial charge in [0.05, 0.1) is 24.8 Å². The van der Waals surface area contributed by atoms with E-state index in [4.69, 9.17) is 9.47 Å². The summed E-state index contributed by atoms with van der Waals surface area (Å²) >= 11 is 0. The molecule has 264 valence electrons. The first kappa shape index (κ1) is 37.4. The average molecular weight is 671 g/mol. The van der Waals surface area contributed by atoms with Gasteiger partial charge in [0, 0.05) is 25.1 Å². The maximum Gasteiger partial charge on any atom is 0.311 e. The summed E-state index contributed by atoms with van der Waals surface area (Å²) in [4.78, 5) is 54.9. The van der Waals surface area contributed by atoms with Gasteiger partial charge >= 0.3 is 5.97 Å². The lowest BCUT2D eigenvalue weighted by Gasteiger charge is -2.34. The molecule has 2 aliphatic rings. The van der Waals surface area contributed by atoms with Crippen molar-refractivity contribution in [1.82, 2.24) is 9.47 Å². The number of aromatic nitrogens is 1. The van der Waals surface area contributed by atoms with Crippen LogP contribution in [0.25, 0.3) is 0 Å². The molecular weight excluding hydrogens is 618 g/mol. The second-order valence-corrected chi connectivity index (χ2v) is 13.4. The number of ketones is 1. The van der Waals surface area contributed by atoms with E-state index < -0.39 is 46.7 Å². The summed E-state index contributed by atoms with van der Waals surface area (Å²) in [6.45, 7) is 4.55. The van der Waals surface area contributed by atoms with Crippen molar-refractivity contribution in [2.24, 2.45) is 0 Å². The molecule has 0 N–H and O–H groups in total. The van der Waals surface area contributed by atoms with Gasteiger partial charge < -0.3 is 18.9 Å². The fourth-order valence-electron chi connectivity index (χ4n) is 6.67. The number of hydrogen-bond donors (Lipinski definition) is 0. The number of hydrogen-bond acceptors (Lipinski definition) is 6. The molecule has 0 aliphatic carbocycles. The number of halogens is 2. The quantitative estimate of drug-likeness (QED) is 0.0754. The molecule has 1 amide bonds. The molecule has 0 saturated carbocycles. The smallest absolute Gasteiger partial charge is 0.311 e. The molecule has 2 aliphatic heterocycles. The Kier molecular flexibility index (Phi) is 14.8. The van der Waals surface area contributed by atoms with Crippen LogP contribution in [0.4, 0.5) is 8.78 Å². The lowest BCUT2D eigenvalue weighted by molar-refractivity contribution is -0.134. The Hall–Kier alpha value is -3.40. The van der Waals surface area contributed by atoms with Crippen LogP contribution in [0.5, 0.6) is 5.75 Å². The molecule has 1 saturated heterocycles. The maximum atomic E-state index is 14.2. The zero-order valence-electron chi connectivity index (χ0n) is 28.7. The standard InChI is InChI=1S/C38H52F2N2O6/c1-3-4-5-6-7-8-9-10-11-12-13-14-15-16-17-18-34(44)48-37-35-38(46)42-27(2)26-47-33(42)25-41(35)24-30(36(37)45)32(43)22-20-28-19-21-29(39)23-31(28)40/h19,21,23-24,27,33H,3-18,20,22,25-26H2,1-2H3/t27-,33+/m0/s1. The summed E-state index contributed by atoms with van der Waals surface area (Å²) in [7, 11) is 0. The molecule has 0 bridgehead atoms. The minimum atomic E-state index is -0.852. The fraction of sp³-hybridized carbons (Fsp3) is 0.632. The second-order valence-electron chi connectivity index (χ2n) is 13.4. The van der Waals surface area contributed by atoms with Crippen LogP contribution < -0.4 is 10.2 Å². The van der Waals surface area contributed by atoms with E-state index >= 15 is 0 Å². The highest BCUT2D eigenvalue weighted by atomic mass is 19.1. The summed E-state index contributed by atoms with van der Waals surface area (Å²) in [5.74, 6) is -3.71. The largest absolute Gasteiger partial charge is 0.420 e. The molecule has 2 aromatic rings. The molecule has 8 nitrogen and oxygen atoms in total. The summed E-state index contributed by atoms with van der Waals surface area (Å²) in [6, 6.07) is 2.87. The molecule has 48 heavy (non-hydrogen) atoms. The first-order valence-corrected chi connectivity index (χ1v) is 18.1. The summed E-state index contributed by atoms with van der Waals surface area (Å²) in [5, 5.41) is 0. The van der Waals surface area contributed by atoms with Crippen LogP contribution in [0.3, 0.4) is 0 Å². The maximum absolute atomic E-state index is 14.2. The Morgan fingerprint density at radius 2 is 1.48 bits per heavy atom. The minimum Gasteiger partial charge on any atom is -0.420 e. The second kappa shape index (κ2) is 19.0. The number of amides is 1. The molecule has 3 heterocycles. The monoisotopic (exact) mass is 670 g/mol. The van der Waals surface area contributed by atoms with Crippen molar-refractivity contribution in [1.29, 1.82) is 0 Å². The SMILES string of the molecule is CCCCCCCCCCCCCCCCCC(=O)Oc1c2n(cc(C(=O)CCc3ccc(F)cc3F)c1=O)C[C@H]1OC[C@H](C)N1C2=O. The number of carbonyl (C=O) groups excluding carboxylic acids is 3. The van der Waals surface area contributed by atoms with Gasteiger partial charge in [0.15, 0.2) is 17.7 Å². The summed E-state index contributed by atoms with van der Waals surface area (Å²) < 4.78 is 40.3. The lowest BCUT2D eigenvalue weighted by Crippen LogP contribution is -2.49. The normalized spacial score (nSPS) is 17.0. The van der Waals surface area contributed by atoms with Crippen LogP contribution in [0.2, 0.25) is 0 Å². The number of unbranched alkanes of at least 4 members (excludes halogenated alkanes) is 14. The Bertz CT molecular complexity index is 1460. The molecule has 1 aromatic heterocycles. The first-order chi connectivity index (χ1) is 23.2. The number of aryl methyl sites for hydroxylation is 1. The Morgan fingerprint density at radius 1 is 0.875 bits per heavy atom. The predicted molar refractivity (Wildman–Crippen MR) is 180 cm³/mol. The number of carbonyl (C=O) groups is 3. The van der Waals surface area contributed by atoms with Gasteiger partial charge in [0.25, 0.3) is 5.91 Å². The van der Waals surface area contributed by atoms with E-state index in [0.29, 0.717) is 13.0 Å². The third kappa shape index (κ3) is 10.3. The highest BCUT2D eigenvalue weighted by Crippen LogP contribution is 2.30. The van der Waals surface area contributed by atoms with Crippen molar-refractivity contribution in [3.63, 3.8) is 0 Å². The zero-order valence-corrected chi connectivity index (χ0v) is 28.7. The lowest BCUT2D eigenvalue weighted by atomic mass is 10.0. The number of pyridine rings is 1. The predicted octanol–water partition coefficient (Wildman–Crippen LogP) is 8.31. The molecule has 2 atom stereocenters. The van der Waals surface area contributed by atoms with E-state index in [2.05, 4.69) is 6.92 Å². The van der Waals surface area contributed by atoms with Gasteiger partial charge in [-0.15, -0.1) is 0 Å². The molecule has 10 heteroatoms. The van der Waals surface area contributed by atoms with E-state index in [-0.39, 0.29) is 48.7 Å². The van der Waals surface area contributed by atoms with Gasteiger partial charge in [-0.25, -0.2) is 8.78 Å². The number of benzene rings is 1. The van der Waals surface area contributed by atoms with Crippen molar-refractivity contribution in [3.05, 3.63) is 63.1 Å². The van der Waals surface area contributed by atoms with Gasteiger partial charge in [0.1, 0.15) is 11.6 Å². The van der Waals surface area contributed by atoms with Crippen LogP contribution in [0.1, 0.15) is 149 Å². The van der Waals surface area contributed by atoms with Crippen molar-refractivity contribution in [3.8, 4) is 5.75 Å². The molecule has 0 spiro atoms. The molecule has 4 rings (SSSR count). The summed E-state index contributed by atoms with van der Waals surface area (Å²) in [6.07, 6.45) is 18.4. The van der Waals surface area contributed by atoms with Gasteiger partial charge in [-0.3, -0.25) is 19.2 Å². The van der Waals surface area contributed by atoms with Crippen molar-refractivity contribution >= 4 is 17.7 Å². The number of fused-ring (bicyclic) bond motifs is 2. The minimum absolute atomic E-state index is 0.0591. The molecule has 0 unspecified atom stereocenters. The van der Waals surface area contributed by atoms with E-state index in [1.54, 1.807) is 0 Å². The van der Waals surface area contributed by atoms with Crippen LogP contribution in [-0.4, -0.2) is 46.0 Å². The van der Waals surface area contributed by atoms with Gasteiger partial charge in [-0.2, -0.15) is 0 Å². The van der Waals surface area contributed by atoms with Crippen LogP contribution >= 0.6 is 0 Å². The number of Topliss-reactive ketones (excluding diaryl/α,β-unsaturated/α-hetero) is 1. The van der Waals surface area contributed by atoms with Gasteiger partial charge in [-0.1, -0.05) is 103 Å². The first-order valence-electron chi connectivity index (χ1n) is 18.1. The van der Waals surface area contributed by atoms with E-state index in [0.717, 1.165) is 31.4 Å². The third-order valence-corrected chi connectivity index (χ3v) is 9.48. The van der Waals surface area contributed by atoms with Crippen LogP contribution in [0, 0.1) is 11.6 Å². The van der Waals surface area contributed by atoms with Crippen molar-refractivity contribution < 1.29 is 32.6 Å². The van der Waals surface area contributed by atoms with E-state index in [1.807, 2.05) is 6.92 Å². The molecular formula is C38H52F2N2O6. The fourth-order valence-corrected chi connectivity index (χ4v) is 6.67. The third-order valence-electron chi connectivity index (χ3n) is 9.48. The Balaban J connectivity index is 1.30. The zero-order chi connectivity index (χ0) is 34.5. The molecule has 0 radical (unpaired) electrons. The van der Waals surface area contributed by atoms with E-state index in [1.165, 1.54) is 92.4 Å². The highest BCUT2D eigenvalue weighted by molar-refractivity contribution is 6.00. The molecule has 1 fully saturated rings. The topological polar surface area (TPSA) is 94.9 Å². The van der Waals surface area contributed by atoms with Gasteiger partial charge in [0.2, 0.25) is 11.2 Å². The number of ether oxygens (including phenoxy) is 2. The van der Waals surface area contributed by atoms with Gasteiger partial charge in [-0.05, 0) is 31.4 Å². The Morgan fingerprint density at radius 3 is 2.08 bits per heavy atom. The summed E-state index contributed by atoms with van der Waals surface area (Å²) in [5.41, 5.74) is -1.06. The molecule has 1 aromatic carbocycles. The van der Waals surface area contributed by atoms with E-state index in [9.17, 15) is 28.0 Å². The average Bonchev–Trinajstić information content (AvgIpc) is 3.43. The number of esters is 1. The van der Waals surface area contributed by atoms with Crippen LogP contribution in [-0.2, 0) is 22.5 Å². The number of nitrogens with zero attached hydrogens (tertiary/aromatic N) is 2. The number of rotatable bonds is 21. The van der Waals surface area contributed by atoms with Crippen molar-refractivity contribution in [2.75, 3.05) is 6.61 Å². The van der Waals surface area contributed by atoms with Crippen LogP contribution in [0.15, 0.2) is 29.2 Å². The Labute approximate surface area is 283 Å².